The molecule has 5 nitrogen and oxygen atoms in total. The largest absolute Gasteiger partial charge is 1.00 e. The van der Waals surface area contributed by atoms with Gasteiger partial charge < -0.3 is 20.7 Å². The van der Waals surface area contributed by atoms with Crippen LogP contribution in [-0.2, 0) is 9.59 Å². The van der Waals surface area contributed by atoms with Crippen LogP contribution in [-0.4, -0.2) is 23.1 Å². The molecule has 6 heteroatoms. The van der Waals surface area contributed by atoms with Gasteiger partial charge in [-0.25, -0.2) is 0 Å². The fourth-order valence-corrected chi connectivity index (χ4v) is 0.590. The fourth-order valence-electron chi connectivity index (χ4n) is 0.590. The van der Waals surface area contributed by atoms with Gasteiger partial charge in [-0.15, -0.1) is 0 Å². The molecule has 0 aliphatic heterocycles. The monoisotopic (exact) mass is 183 g/mol. The van der Waals surface area contributed by atoms with Gasteiger partial charge in [-0.2, -0.15) is 0 Å². The third-order valence-electron chi connectivity index (χ3n) is 1.21. The maximum Gasteiger partial charge on any atom is 1.00 e. The number of hydrogen-bond donors (Lipinski definition) is 2. The van der Waals surface area contributed by atoms with E-state index in [2.05, 4.69) is 0 Å². The number of carboxylic acids is 2. The zero-order chi connectivity index (χ0) is 8.85. The van der Waals surface area contributed by atoms with Gasteiger partial charge in [0, 0.05) is 5.97 Å². The minimum Gasteiger partial charge on any atom is -0.550 e. The molecule has 0 saturated heterocycles. The molecule has 0 aromatic heterocycles. The van der Waals surface area contributed by atoms with Gasteiger partial charge in [0.25, 0.3) is 0 Å². The minimum absolute atomic E-state index is 0. The molecule has 3 N–H and O–H groups in total. The molecule has 0 saturated carbocycles. The van der Waals surface area contributed by atoms with Crippen LogP contribution in [0.15, 0.2) is 0 Å². The maximum atomic E-state index is 10.1. The molecule has 0 amide bonds. The van der Waals surface area contributed by atoms with E-state index >= 15 is 0 Å². The van der Waals surface area contributed by atoms with Crippen molar-refractivity contribution in [3.63, 3.8) is 0 Å². The van der Waals surface area contributed by atoms with E-state index in [0.717, 1.165) is 0 Å². The molecule has 1 atom stereocenters. The van der Waals surface area contributed by atoms with E-state index in [0.29, 0.717) is 0 Å². The molecule has 0 unspecified atom stereocenters. The Morgan fingerprint density at radius 3 is 2.33 bits per heavy atom. The fraction of sp³-hybridized carbons (Fsp3) is 0.667. The van der Waals surface area contributed by atoms with Gasteiger partial charge in [0.05, 0.1) is 0 Å². The molecule has 0 radical (unpaired) electrons. The zero-order valence-corrected chi connectivity index (χ0v) is 8.95. The number of nitrogens with two attached hydrogens (primary N) is 1. The summed E-state index contributed by atoms with van der Waals surface area (Å²) in [6.45, 7) is 0. The molecule has 64 valence electrons. The Morgan fingerprint density at radius 1 is 1.50 bits per heavy atom. The summed E-state index contributed by atoms with van der Waals surface area (Å²) < 4.78 is 0. The van der Waals surface area contributed by atoms with Gasteiger partial charge in [0.15, 0.2) is 0 Å². The third kappa shape index (κ3) is 8.00. The smallest absolute Gasteiger partial charge is 0.550 e. The van der Waals surface area contributed by atoms with Crippen LogP contribution in [0.2, 0.25) is 0 Å². The molecule has 0 rings (SSSR count). The molecule has 0 aromatic carbocycles. The van der Waals surface area contributed by atoms with Gasteiger partial charge in [0.1, 0.15) is 6.04 Å². The Labute approximate surface area is 92.2 Å². The molecule has 0 fully saturated rings. The summed E-state index contributed by atoms with van der Waals surface area (Å²) in [4.78, 5) is 19.9. The Balaban J connectivity index is 0. The second kappa shape index (κ2) is 7.54. The van der Waals surface area contributed by atoms with Crippen LogP contribution in [0.1, 0.15) is 19.3 Å². The van der Waals surface area contributed by atoms with E-state index in [1.807, 2.05) is 0 Å². The average molecular weight is 183 g/mol. The Morgan fingerprint density at radius 2 is 2.00 bits per heavy atom. The van der Waals surface area contributed by atoms with Crippen LogP contribution in [0.3, 0.4) is 0 Å². The van der Waals surface area contributed by atoms with E-state index in [4.69, 9.17) is 10.8 Å². The second-order valence-electron chi connectivity index (χ2n) is 2.21. The van der Waals surface area contributed by atoms with Crippen molar-refractivity contribution in [3.05, 3.63) is 0 Å². The van der Waals surface area contributed by atoms with Crippen molar-refractivity contribution < 1.29 is 49.4 Å². The Bertz CT molecular complexity index is 162. The maximum absolute atomic E-state index is 10.1. The van der Waals surface area contributed by atoms with Crippen LogP contribution in [0.5, 0.6) is 0 Å². The summed E-state index contributed by atoms with van der Waals surface area (Å²) in [5.74, 6) is -2.29. The first kappa shape index (κ1) is 14.4. The number of aliphatic carboxylic acids is 2. The predicted molar refractivity (Wildman–Crippen MR) is 34.5 cm³/mol. The standard InChI is InChI=1S/C6H11NO4.Na/c7-4(6(10)11)2-1-3-5(8)9;/h4H,1-3,7H2,(H,8,9)(H,10,11);/q;+1/p-1/t4-;/m0./s1. The van der Waals surface area contributed by atoms with Crippen molar-refractivity contribution in [2.75, 3.05) is 0 Å². The van der Waals surface area contributed by atoms with Crippen molar-refractivity contribution in [2.45, 2.75) is 25.3 Å². The van der Waals surface area contributed by atoms with Crippen molar-refractivity contribution in [2.24, 2.45) is 5.73 Å². The van der Waals surface area contributed by atoms with Gasteiger partial charge >= 0.3 is 35.5 Å². The van der Waals surface area contributed by atoms with Crippen molar-refractivity contribution in [1.82, 2.24) is 0 Å². The second-order valence-corrected chi connectivity index (χ2v) is 2.21. The molecule has 0 spiro atoms. The molecule has 0 aliphatic carbocycles. The van der Waals surface area contributed by atoms with Crippen LogP contribution >= 0.6 is 0 Å². The average Bonchev–Trinajstić information content (AvgIpc) is 1.86. The van der Waals surface area contributed by atoms with Crippen LogP contribution in [0.4, 0.5) is 0 Å². The predicted octanol–water partition coefficient (Wildman–Crippen LogP) is -4.68. The first-order chi connectivity index (χ1) is 5.04. The number of carbonyl (C=O) groups is 2. The van der Waals surface area contributed by atoms with Gasteiger partial charge in [-0.1, -0.05) is 0 Å². The zero-order valence-electron chi connectivity index (χ0n) is 6.95. The molecule has 0 aliphatic rings. The summed E-state index contributed by atoms with van der Waals surface area (Å²) in [5.41, 5.74) is 5.09. The Kier molecular flexibility index (Phi) is 9.07. The molecular weight excluding hydrogens is 173 g/mol. The van der Waals surface area contributed by atoms with E-state index in [1.54, 1.807) is 0 Å². The quantitative estimate of drug-likeness (QED) is 0.417. The topological polar surface area (TPSA) is 103 Å². The molecule has 0 heterocycles. The van der Waals surface area contributed by atoms with Crippen LogP contribution in [0.25, 0.3) is 0 Å². The Hall–Kier alpha value is -0.100. The van der Waals surface area contributed by atoms with E-state index in [-0.39, 0.29) is 48.8 Å². The first-order valence-electron chi connectivity index (χ1n) is 3.22. The summed E-state index contributed by atoms with van der Waals surface area (Å²) in [7, 11) is 0. The molecule has 12 heavy (non-hydrogen) atoms. The van der Waals surface area contributed by atoms with Crippen LogP contribution < -0.4 is 40.4 Å². The van der Waals surface area contributed by atoms with E-state index in [1.165, 1.54) is 0 Å². The number of hydrogen-bond acceptors (Lipinski definition) is 4. The molecule has 0 bridgehead atoms. The van der Waals surface area contributed by atoms with E-state index in [9.17, 15) is 14.7 Å². The van der Waals surface area contributed by atoms with Gasteiger partial charge in [-0.3, -0.25) is 4.79 Å². The third-order valence-corrected chi connectivity index (χ3v) is 1.21. The van der Waals surface area contributed by atoms with Gasteiger partial charge in [0.2, 0.25) is 0 Å². The van der Waals surface area contributed by atoms with Crippen molar-refractivity contribution >= 4 is 11.9 Å². The first-order valence-corrected chi connectivity index (χ1v) is 3.22. The number of carboxylic acid groups (broad SMARTS) is 2. The number of rotatable bonds is 5. The van der Waals surface area contributed by atoms with Crippen molar-refractivity contribution in [3.8, 4) is 0 Å². The van der Waals surface area contributed by atoms with Gasteiger partial charge in [-0.05, 0) is 19.3 Å². The minimum atomic E-state index is -1.18. The normalized spacial score (nSPS) is 11.4. The van der Waals surface area contributed by atoms with Crippen molar-refractivity contribution in [1.29, 1.82) is 0 Å². The molecule has 0 aromatic rings. The van der Waals surface area contributed by atoms with E-state index < -0.39 is 18.0 Å². The summed E-state index contributed by atoms with van der Waals surface area (Å²) in [5, 5.41) is 18.1. The summed E-state index contributed by atoms with van der Waals surface area (Å²) >= 11 is 0. The summed E-state index contributed by atoms with van der Waals surface area (Å²) in [6, 6.07) is -0.964. The SMILES string of the molecule is N[C@@H](CCCC(=O)[O-])C(=O)O.[Na+]. The summed E-state index contributed by atoms with van der Waals surface area (Å²) in [6.07, 6.45) is 0.278. The van der Waals surface area contributed by atoms with Crippen LogP contribution in [0, 0.1) is 0 Å². The number of carbonyl (C=O) groups excluding carboxylic acids is 1. The molecular formula is C6H10NNaO4.